The first-order chi connectivity index (χ1) is 7.40. The average molecular weight is 293 g/mol. The molecule has 1 rings (SSSR count). The van der Waals surface area contributed by atoms with E-state index >= 15 is 0 Å². The monoisotopic (exact) mass is 292 g/mol. The number of alkyl halides is 4. The molecule has 16 heavy (non-hydrogen) atoms. The summed E-state index contributed by atoms with van der Waals surface area (Å²) in [7, 11) is 0. The number of rotatable bonds is 5. The molecule has 0 amide bonds. The number of thiophene rings is 1. The van der Waals surface area contributed by atoms with E-state index in [-0.39, 0.29) is 6.61 Å². The topological polar surface area (TPSA) is 9.23 Å². The fourth-order valence-corrected chi connectivity index (χ4v) is 2.65. The van der Waals surface area contributed by atoms with E-state index in [1.54, 1.807) is 11.4 Å². The summed E-state index contributed by atoms with van der Waals surface area (Å²) >= 11 is 13.2. The van der Waals surface area contributed by atoms with E-state index < -0.39 is 18.2 Å². The van der Waals surface area contributed by atoms with Crippen molar-refractivity contribution in [3.05, 3.63) is 21.3 Å². The first-order valence-electron chi connectivity index (χ1n) is 4.41. The molecule has 92 valence electrons. The van der Waals surface area contributed by atoms with E-state index in [2.05, 4.69) is 4.74 Å². The van der Waals surface area contributed by atoms with Crippen molar-refractivity contribution in [3.63, 3.8) is 0 Å². The summed E-state index contributed by atoms with van der Waals surface area (Å²) in [6, 6.07) is 1.70. The highest BCUT2D eigenvalue weighted by molar-refractivity contribution is 7.11. The lowest BCUT2D eigenvalue weighted by atomic mass is 10.2. The molecule has 0 aliphatic rings. The maximum Gasteiger partial charge on any atom is 0.411 e. The van der Waals surface area contributed by atoms with Crippen LogP contribution in [-0.2, 0) is 4.74 Å². The van der Waals surface area contributed by atoms with Crippen molar-refractivity contribution in [1.82, 2.24) is 0 Å². The van der Waals surface area contributed by atoms with Gasteiger partial charge in [-0.15, -0.1) is 22.9 Å². The molecule has 1 unspecified atom stereocenters. The van der Waals surface area contributed by atoms with Gasteiger partial charge in [0.05, 0.1) is 10.4 Å². The lowest BCUT2D eigenvalue weighted by molar-refractivity contribution is -0.174. The zero-order chi connectivity index (χ0) is 12.2. The van der Waals surface area contributed by atoms with Crippen molar-refractivity contribution in [2.45, 2.75) is 18.0 Å². The van der Waals surface area contributed by atoms with E-state index in [4.69, 9.17) is 23.2 Å². The van der Waals surface area contributed by atoms with Crippen LogP contribution in [0.4, 0.5) is 13.2 Å². The average Bonchev–Trinajstić information content (AvgIpc) is 2.57. The van der Waals surface area contributed by atoms with Crippen LogP contribution < -0.4 is 0 Å². The summed E-state index contributed by atoms with van der Waals surface area (Å²) in [5.41, 5.74) is 0. The Balaban J connectivity index is 2.26. The second kappa shape index (κ2) is 6.10. The Bertz CT molecular complexity index is 327. The van der Waals surface area contributed by atoms with Gasteiger partial charge in [0.1, 0.15) is 6.61 Å². The smallest absolute Gasteiger partial charge is 0.372 e. The Morgan fingerprint density at radius 1 is 1.44 bits per heavy atom. The number of hydrogen-bond acceptors (Lipinski definition) is 2. The molecule has 0 aromatic carbocycles. The number of halogens is 5. The highest BCUT2D eigenvalue weighted by atomic mass is 35.5. The molecule has 1 atom stereocenters. The Hall–Kier alpha value is 0.0300. The third kappa shape index (κ3) is 4.91. The quantitative estimate of drug-likeness (QED) is 0.567. The fraction of sp³-hybridized carbons (Fsp3) is 0.556. The van der Waals surface area contributed by atoms with Crippen LogP contribution in [0.15, 0.2) is 11.4 Å². The van der Waals surface area contributed by atoms with Crippen molar-refractivity contribution in [3.8, 4) is 0 Å². The zero-order valence-corrected chi connectivity index (χ0v) is 10.4. The predicted molar refractivity (Wildman–Crippen MR) is 59.4 cm³/mol. The summed E-state index contributed by atoms with van der Waals surface area (Å²) in [6.07, 6.45) is -3.99. The van der Waals surface area contributed by atoms with E-state index in [9.17, 15) is 13.2 Å². The van der Waals surface area contributed by atoms with Gasteiger partial charge in [0, 0.05) is 11.5 Å². The van der Waals surface area contributed by atoms with Crippen LogP contribution in [0.3, 0.4) is 0 Å². The van der Waals surface area contributed by atoms with Gasteiger partial charge in [-0.3, -0.25) is 0 Å². The summed E-state index contributed by atoms with van der Waals surface area (Å²) in [5, 5.41) is 1.92. The van der Waals surface area contributed by atoms with Crippen LogP contribution in [0.1, 0.15) is 16.7 Å². The van der Waals surface area contributed by atoms with Gasteiger partial charge >= 0.3 is 6.18 Å². The van der Waals surface area contributed by atoms with Crippen LogP contribution in [0.5, 0.6) is 0 Å². The fourth-order valence-electron chi connectivity index (χ4n) is 1.03. The number of ether oxygens (including phenoxy) is 1. The van der Waals surface area contributed by atoms with Gasteiger partial charge in [0.2, 0.25) is 0 Å². The van der Waals surface area contributed by atoms with E-state index in [1.165, 1.54) is 11.3 Å². The van der Waals surface area contributed by atoms with Crippen LogP contribution >= 0.6 is 34.5 Å². The SMILES string of the molecule is FC(F)(F)COCCC(Cl)c1sccc1Cl. The molecule has 0 spiro atoms. The molecule has 0 aliphatic heterocycles. The lowest BCUT2D eigenvalue weighted by Crippen LogP contribution is -2.17. The maximum absolute atomic E-state index is 11.7. The minimum absolute atomic E-state index is 0.0398. The standard InChI is InChI=1S/C9H9Cl2F3OS/c10-6(8-7(11)2-4-16-8)1-3-15-5-9(12,13)14/h2,4,6H,1,3,5H2. The largest absolute Gasteiger partial charge is 0.411 e. The van der Waals surface area contributed by atoms with Crippen molar-refractivity contribution in [2.75, 3.05) is 13.2 Å². The molecular weight excluding hydrogens is 284 g/mol. The first kappa shape index (κ1) is 14.1. The molecule has 1 heterocycles. The first-order valence-corrected chi connectivity index (χ1v) is 6.11. The van der Waals surface area contributed by atoms with Crippen LogP contribution in [0, 0.1) is 0 Å². The van der Waals surface area contributed by atoms with Gasteiger partial charge < -0.3 is 4.74 Å². The van der Waals surface area contributed by atoms with Crippen molar-refractivity contribution in [2.24, 2.45) is 0 Å². The summed E-state index contributed by atoms with van der Waals surface area (Å²) in [4.78, 5) is 0.763. The highest BCUT2D eigenvalue weighted by Gasteiger charge is 2.27. The molecule has 0 saturated carbocycles. The second-order valence-electron chi connectivity index (χ2n) is 3.06. The van der Waals surface area contributed by atoms with Crippen LogP contribution in [0.25, 0.3) is 0 Å². The van der Waals surface area contributed by atoms with Crippen LogP contribution in [0.2, 0.25) is 5.02 Å². The number of hydrogen-bond donors (Lipinski definition) is 0. The molecule has 0 saturated heterocycles. The van der Waals surface area contributed by atoms with E-state index in [1.807, 2.05) is 0 Å². The minimum Gasteiger partial charge on any atom is -0.372 e. The summed E-state index contributed by atoms with van der Waals surface area (Å²) < 4.78 is 39.7. The normalized spacial score (nSPS) is 14.1. The lowest BCUT2D eigenvalue weighted by Gasteiger charge is -2.10. The van der Waals surface area contributed by atoms with Crippen LogP contribution in [-0.4, -0.2) is 19.4 Å². The maximum atomic E-state index is 11.7. The summed E-state index contributed by atoms with van der Waals surface area (Å²) in [5.74, 6) is 0. The Kier molecular flexibility index (Phi) is 5.37. The molecule has 0 N–H and O–H groups in total. The third-order valence-corrected chi connectivity index (χ3v) is 3.75. The van der Waals surface area contributed by atoms with Gasteiger partial charge in [0.15, 0.2) is 0 Å². The molecule has 0 aliphatic carbocycles. The Labute approximate surface area is 105 Å². The molecule has 0 radical (unpaired) electrons. The Morgan fingerprint density at radius 2 is 2.12 bits per heavy atom. The van der Waals surface area contributed by atoms with Crippen molar-refractivity contribution in [1.29, 1.82) is 0 Å². The van der Waals surface area contributed by atoms with Crippen molar-refractivity contribution < 1.29 is 17.9 Å². The van der Waals surface area contributed by atoms with E-state index in [0.29, 0.717) is 11.4 Å². The molecule has 0 fully saturated rings. The summed E-state index contributed by atoms with van der Waals surface area (Å²) in [6.45, 7) is -1.28. The minimum atomic E-state index is -4.29. The molecule has 1 aromatic heterocycles. The second-order valence-corrected chi connectivity index (χ2v) is 4.94. The van der Waals surface area contributed by atoms with Gasteiger partial charge in [-0.1, -0.05) is 11.6 Å². The van der Waals surface area contributed by atoms with Gasteiger partial charge in [-0.25, -0.2) is 0 Å². The molecule has 0 bridgehead atoms. The van der Waals surface area contributed by atoms with Gasteiger partial charge in [-0.2, -0.15) is 13.2 Å². The third-order valence-electron chi connectivity index (χ3n) is 1.71. The molecule has 1 nitrogen and oxygen atoms in total. The highest BCUT2D eigenvalue weighted by Crippen LogP contribution is 2.34. The van der Waals surface area contributed by atoms with Crippen molar-refractivity contribution >= 4 is 34.5 Å². The van der Waals surface area contributed by atoms with Gasteiger partial charge in [0.25, 0.3) is 0 Å². The molecular formula is C9H9Cl2F3OS. The van der Waals surface area contributed by atoms with Gasteiger partial charge in [-0.05, 0) is 17.9 Å². The molecule has 7 heteroatoms. The zero-order valence-electron chi connectivity index (χ0n) is 8.06. The van der Waals surface area contributed by atoms with E-state index in [0.717, 1.165) is 4.88 Å². The predicted octanol–water partition coefficient (Wildman–Crippen LogP) is 4.65. The molecule has 1 aromatic rings. The Morgan fingerprint density at radius 3 is 2.62 bits per heavy atom.